The van der Waals surface area contributed by atoms with Crippen LogP contribution in [0.15, 0.2) is 127 Å². The minimum Gasteiger partial charge on any atom is -0.449 e. The van der Waals surface area contributed by atoms with E-state index in [0.29, 0.717) is 5.02 Å². The van der Waals surface area contributed by atoms with Crippen LogP contribution in [0.2, 0.25) is 5.02 Å². The van der Waals surface area contributed by atoms with Crippen LogP contribution in [0.5, 0.6) is 0 Å². The number of hydrogen-bond donors (Lipinski definition) is 2. The van der Waals surface area contributed by atoms with Crippen molar-refractivity contribution in [3.63, 3.8) is 0 Å². The Balaban J connectivity index is 1.17. The molecule has 5 aromatic rings. The van der Waals surface area contributed by atoms with Gasteiger partial charge in [-0.05, 0) is 45.0 Å². The van der Waals surface area contributed by atoms with Gasteiger partial charge in [0.2, 0.25) is 0 Å². The molecule has 1 atom stereocenters. The first-order valence-corrected chi connectivity index (χ1v) is 14.5. The SMILES string of the molecule is O=C(N[C@@H](CO)C(=O)c1ccc([C](c2ccccc2)c2ccccc2)c(Cl)c1)OCC1c2ccccc2-c2ccccc21. The fourth-order valence-electron chi connectivity index (χ4n) is 5.74. The van der Waals surface area contributed by atoms with E-state index < -0.39 is 24.5 Å². The predicted octanol–water partition coefficient (Wildman–Crippen LogP) is 7.44. The number of rotatable bonds is 9. The number of halogens is 1. The number of fused-ring (bicyclic) bond motifs is 3. The normalized spacial score (nSPS) is 12.8. The summed E-state index contributed by atoms with van der Waals surface area (Å²) in [5.74, 6) is 0.346. The molecule has 0 fully saturated rings. The summed E-state index contributed by atoms with van der Waals surface area (Å²) in [5, 5.41) is 12.9. The van der Waals surface area contributed by atoms with Crippen molar-refractivity contribution in [2.75, 3.05) is 13.2 Å². The van der Waals surface area contributed by atoms with Gasteiger partial charge in [-0.15, -0.1) is 0 Å². The average molecular weight is 587 g/mol. The molecular weight excluding hydrogens is 558 g/mol. The highest BCUT2D eigenvalue weighted by Gasteiger charge is 2.30. The Morgan fingerprint density at radius 1 is 0.721 bits per heavy atom. The number of nitrogens with one attached hydrogen (secondary N) is 1. The molecule has 1 aliphatic rings. The summed E-state index contributed by atoms with van der Waals surface area (Å²) in [6, 6.07) is 39.8. The number of aliphatic hydroxyl groups is 1. The number of alkyl carbamates (subject to hydrolysis) is 1. The summed E-state index contributed by atoms with van der Waals surface area (Å²) in [7, 11) is 0. The van der Waals surface area contributed by atoms with Crippen molar-refractivity contribution in [3.8, 4) is 11.1 Å². The summed E-state index contributed by atoms with van der Waals surface area (Å²) in [5.41, 5.74) is 7.42. The van der Waals surface area contributed by atoms with Crippen LogP contribution in [-0.2, 0) is 4.74 Å². The maximum Gasteiger partial charge on any atom is 0.407 e. The molecule has 0 saturated heterocycles. The van der Waals surface area contributed by atoms with Crippen LogP contribution < -0.4 is 5.32 Å². The first-order chi connectivity index (χ1) is 21.0. The summed E-state index contributed by atoms with van der Waals surface area (Å²) in [4.78, 5) is 26.2. The summed E-state index contributed by atoms with van der Waals surface area (Å²) in [6.07, 6.45) is -0.777. The van der Waals surface area contributed by atoms with E-state index in [9.17, 15) is 14.7 Å². The number of benzene rings is 5. The highest BCUT2D eigenvalue weighted by Crippen LogP contribution is 2.44. The van der Waals surface area contributed by atoms with Crippen molar-refractivity contribution < 1.29 is 19.4 Å². The van der Waals surface area contributed by atoms with Crippen LogP contribution in [0.25, 0.3) is 11.1 Å². The molecule has 43 heavy (non-hydrogen) atoms. The fraction of sp³-hybridized carbons (Fsp3) is 0.108. The third-order valence-corrected chi connectivity index (χ3v) is 8.10. The fourth-order valence-corrected chi connectivity index (χ4v) is 6.01. The molecule has 0 bridgehead atoms. The molecule has 1 aliphatic carbocycles. The molecule has 0 spiro atoms. The molecule has 6 heteroatoms. The van der Waals surface area contributed by atoms with Gasteiger partial charge >= 0.3 is 6.09 Å². The second kappa shape index (κ2) is 12.7. The Bertz CT molecular complexity index is 1670. The predicted molar refractivity (Wildman–Crippen MR) is 168 cm³/mol. The van der Waals surface area contributed by atoms with E-state index in [4.69, 9.17) is 16.3 Å². The Kier molecular flexibility index (Phi) is 8.36. The van der Waals surface area contributed by atoms with Crippen molar-refractivity contribution in [2.24, 2.45) is 0 Å². The third kappa shape index (κ3) is 5.82. The second-order valence-corrected chi connectivity index (χ2v) is 10.8. The van der Waals surface area contributed by atoms with Gasteiger partial charge in [0.15, 0.2) is 5.78 Å². The number of aliphatic hydroxyl groups excluding tert-OH is 1. The number of ketones is 1. The molecule has 0 saturated carbocycles. The number of carbonyl (C=O) groups is 2. The number of carbonyl (C=O) groups excluding carboxylic acids is 2. The third-order valence-electron chi connectivity index (χ3n) is 7.78. The lowest BCUT2D eigenvalue weighted by Crippen LogP contribution is -2.44. The van der Waals surface area contributed by atoms with E-state index in [1.54, 1.807) is 18.2 Å². The molecule has 5 nitrogen and oxygen atoms in total. The molecule has 0 aliphatic heterocycles. The maximum absolute atomic E-state index is 13.4. The van der Waals surface area contributed by atoms with E-state index in [0.717, 1.165) is 44.9 Å². The van der Waals surface area contributed by atoms with E-state index >= 15 is 0 Å². The lowest BCUT2D eigenvalue weighted by molar-refractivity contribution is 0.0867. The van der Waals surface area contributed by atoms with Gasteiger partial charge in [-0.25, -0.2) is 4.79 Å². The van der Waals surface area contributed by atoms with Crippen molar-refractivity contribution in [1.82, 2.24) is 5.32 Å². The average Bonchev–Trinajstić information content (AvgIpc) is 3.37. The van der Waals surface area contributed by atoms with E-state index in [1.165, 1.54) is 0 Å². The lowest BCUT2D eigenvalue weighted by Gasteiger charge is -2.21. The minimum atomic E-state index is -1.19. The Morgan fingerprint density at radius 2 is 1.26 bits per heavy atom. The molecular formula is C37H29ClNO4. The molecule has 5 aromatic carbocycles. The zero-order valence-electron chi connectivity index (χ0n) is 23.2. The van der Waals surface area contributed by atoms with Crippen LogP contribution in [0.4, 0.5) is 4.79 Å². The minimum absolute atomic E-state index is 0.101. The standard InChI is InChI=1S/C37H29ClNO4/c38-33-21-26(19-20-31(33)35(24-11-3-1-4-12-24)25-13-5-2-6-14-25)36(41)34(22-40)39-37(42)43-23-32-29-17-9-7-15-27(29)28-16-8-10-18-30(28)32/h1-21,32,34,40H,22-23H2,(H,39,42)/t34-/m0/s1. The van der Waals surface area contributed by atoms with Gasteiger partial charge in [0.25, 0.3) is 0 Å². The number of amides is 1. The van der Waals surface area contributed by atoms with Crippen molar-refractivity contribution >= 4 is 23.5 Å². The first-order valence-electron chi connectivity index (χ1n) is 14.1. The molecule has 1 radical (unpaired) electrons. The smallest absolute Gasteiger partial charge is 0.407 e. The van der Waals surface area contributed by atoms with Gasteiger partial charge in [-0.1, -0.05) is 133 Å². The van der Waals surface area contributed by atoms with Gasteiger partial charge in [0.1, 0.15) is 12.6 Å². The van der Waals surface area contributed by atoms with Gasteiger partial charge in [0.05, 0.1) is 12.5 Å². The molecule has 213 valence electrons. The van der Waals surface area contributed by atoms with E-state index in [1.807, 2.05) is 97.1 Å². The topological polar surface area (TPSA) is 75.6 Å². The monoisotopic (exact) mass is 586 g/mol. The van der Waals surface area contributed by atoms with Crippen LogP contribution in [0.1, 0.15) is 44.1 Å². The molecule has 0 heterocycles. The quantitative estimate of drug-likeness (QED) is 0.139. The highest BCUT2D eigenvalue weighted by atomic mass is 35.5. The van der Waals surface area contributed by atoms with E-state index in [2.05, 4.69) is 17.4 Å². The molecule has 0 unspecified atom stereocenters. The number of hydrogen-bond acceptors (Lipinski definition) is 4. The summed E-state index contributed by atoms with van der Waals surface area (Å²) in [6.45, 7) is -0.488. The molecule has 2 N–H and O–H groups in total. The molecule has 6 rings (SSSR count). The first kappa shape index (κ1) is 28.4. The Hall–Kier alpha value is -4.71. The lowest BCUT2D eigenvalue weighted by atomic mass is 9.84. The summed E-state index contributed by atoms with van der Waals surface area (Å²) < 4.78 is 5.59. The van der Waals surface area contributed by atoms with Gasteiger partial charge in [0, 0.05) is 16.5 Å². The Labute approximate surface area is 255 Å². The second-order valence-electron chi connectivity index (χ2n) is 10.4. The van der Waals surface area contributed by atoms with Crippen LogP contribution >= 0.6 is 11.6 Å². The van der Waals surface area contributed by atoms with Gasteiger partial charge < -0.3 is 15.2 Å². The van der Waals surface area contributed by atoms with Crippen LogP contribution in [0, 0.1) is 5.92 Å². The van der Waals surface area contributed by atoms with Gasteiger partial charge in [-0.2, -0.15) is 0 Å². The van der Waals surface area contributed by atoms with Crippen molar-refractivity contribution in [3.05, 3.63) is 172 Å². The van der Waals surface area contributed by atoms with Crippen molar-refractivity contribution in [2.45, 2.75) is 12.0 Å². The summed E-state index contributed by atoms with van der Waals surface area (Å²) >= 11 is 6.78. The molecule has 0 aromatic heterocycles. The number of ether oxygens (including phenoxy) is 1. The van der Waals surface area contributed by atoms with Crippen LogP contribution in [0.3, 0.4) is 0 Å². The highest BCUT2D eigenvalue weighted by molar-refractivity contribution is 6.32. The maximum atomic E-state index is 13.4. The zero-order valence-corrected chi connectivity index (χ0v) is 24.0. The zero-order chi connectivity index (χ0) is 29.8. The van der Waals surface area contributed by atoms with Gasteiger partial charge in [-0.3, -0.25) is 4.79 Å². The van der Waals surface area contributed by atoms with E-state index in [-0.39, 0.29) is 18.1 Å². The number of Topliss-reactive ketones (excluding diaryl/α,β-unsaturated/α-hetero) is 1. The molecule has 1 amide bonds. The van der Waals surface area contributed by atoms with Crippen molar-refractivity contribution in [1.29, 1.82) is 0 Å². The largest absolute Gasteiger partial charge is 0.449 e. The van der Waals surface area contributed by atoms with Crippen LogP contribution in [-0.4, -0.2) is 36.2 Å². The Morgan fingerprint density at radius 3 is 1.79 bits per heavy atom.